The first kappa shape index (κ1) is 49.3. The molecule has 2 saturated heterocycles. The van der Waals surface area contributed by atoms with E-state index in [1.54, 1.807) is 41.8 Å². The summed E-state index contributed by atoms with van der Waals surface area (Å²) in [6, 6.07) is 17.2. The SMILES string of the molecule is Cc1ncsc1-c1ccc([C@H](C)NC(=O)[C@@H]2C[C@@H](O)CN2C(=O)[C@@H](c2cc(OCCN3CCC(O[C@H]4C[C@H](C#CC(C)n5cc(-c6cc(-c7ccccc7O)nnc6N)cn5)C4)CC3)no2)C(C)C)cc1. The number of hydrogen-bond acceptors (Lipinski definition) is 15. The van der Waals surface area contributed by atoms with Crippen LogP contribution in [0.15, 0.2) is 83.1 Å². The maximum absolute atomic E-state index is 14.2. The number of aromatic hydroxyl groups is 1. The number of benzene rings is 2. The number of thiazole rings is 1. The number of nitrogen functional groups attached to an aromatic ring is 1. The molecule has 2 amide bonds. The fraction of sp³-hybridized carbons (Fsp3) is 0.453. The van der Waals surface area contributed by atoms with Crippen LogP contribution in [0.25, 0.3) is 32.8 Å². The second-order valence-corrected chi connectivity index (χ2v) is 20.2. The number of aryl methyl sites for hydroxylation is 1. The van der Waals surface area contributed by atoms with Gasteiger partial charge in [0.05, 0.1) is 52.3 Å². The molecule has 0 radical (unpaired) electrons. The second-order valence-electron chi connectivity index (χ2n) is 19.3. The number of β-amino-alcohol motifs (C(OH)–C–C–N with tert-alkyl or cyclic N) is 1. The Bertz CT molecular complexity index is 2860. The fourth-order valence-corrected chi connectivity index (χ4v) is 10.5. The van der Waals surface area contributed by atoms with Crippen molar-refractivity contribution in [2.45, 2.75) is 109 Å². The number of rotatable bonds is 16. The standard InChI is InChI=1S/C53H62N10O7S/c1-31(2)49(53(67)62-29-39(64)24-45(62)52(66)57-33(4)36-12-14-37(15-13-36)50-34(5)55-30-71-50)47-26-48(60-70-47)68-21-20-61-18-16-40(17-19-61)69-41-22-35(23-41)11-10-32(3)63-28-38(27-56-63)43-25-44(58-59-51(43)54)42-8-6-7-9-46(42)65/h6-9,12-15,25-28,30-33,35,39-41,45,49,64-65H,16-24,29H2,1-5H3,(H2,54,59)(H,57,66)/t32?,33-,35-,39+,41-,45-,49+/m0/s1. The molecule has 372 valence electrons. The Morgan fingerprint density at radius 1 is 0.986 bits per heavy atom. The van der Waals surface area contributed by atoms with Crippen molar-refractivity contribution in [1.82, 2.24) is 45.2 Å². The number of aromatic nitrogens is 6. The lowest BCUT2D eigenvalue weighted by atomic mass is 9.82. The number of aliphatic hydroxyl groups excluding tert-OH is 1. The monoisotopic (exact) mass is 982 g/mol. The first-order valence-corrected chi connectivity index (χ1v) is 25.4. The zero-order valence-corrected chi connectivity index (χ0v) is 41.6. The van der Waals surface area contributed by atoms with Gasteiger partial charge in [0, 0.05) is 67.5 Å². The summed E-state index contributed by atoms with van der Waals surface area (Å²) in [5, 5.41) is 41.1. The average Bonchev–Trinajstić information content (AvgIpc) is 4.19. The molecule has 17 nitrogen and oxygen atoms in total. The Morgan fingerprint density at radius 3 is 2.49 bits per heavy atom. The predicted molar refractivity (Wildman–Crippen MR) is 269 cm³/mol. The molecule has 18 heteroatoms. The van der Waals surface area contributed by atoms with E-state index in [1.165, 1.54) is 4.90 Å². The minimum absolute atomic E-state index is 0.0528. The molecule has 2 aliphatic heterocycles. The van der Waals surface area contributed by atoms with Crippen LogP contribution in [0, 0.1) is 30.6 Å². The van der Waals surface area contributed by atoms with Gasteiger partial charge in [0.2, 0.25) is 11.8 Å². The third kappa shape index (κ3) is 11.4. The van der Waals surface area contributed by atoms with Gasteiger partial charge in [-0.3, -0.25) is 19.2 Å². The Kier molecular flexibility index (Phi) is 15.1. The number of nitrogens with one attached hydrogen (secondary N) is 1. The number of aliphatic hydroxyl groups is 1. The lowest BCUT2D eigenvalue weighted by molar-refractivity contribution is -0.141. The summed E-state index contributed by atoms with van der Waals surface area (Å²) < 4.78 is 20.0. The number of para-hydroxylation sites is 1. The van der Waals surface area contributed by atoms with Crippen molar-refractivity contribution >= 4 is 29.0 Å². The van der Waals surface area contributed by atoms with Gasteiger partial charge in [0.25, 0.3) is 5.88 Å². The lowest BCUT2D eigenvalue weighted by Gasteiger charge is -2.38. The van der Waals surface area contributed by atoms with Crippen LogP contribution in [0.3, 0.4) is 0 Å². The number of nitrogens with two attached hydrogens (primary N) is 1. The van der Waals surface area contributed by atoms with Gasteiger partial charge in [-0.05, 0) is 86.9 Å². The molecule has 6 heterocycles. The van der Waals surface area contributed by atoms with Crippen LogP contribution in [-0.4, -0.2) is 119 Å². The van der Waals surface area contributed by atoms with Gasteiger partial charge in [-0.2, -0.15) is 5.10 Å². The molecule has 1 unspecified atom stereocenters. The first-order chi connectivity index (χ1) is 34.3. The number of nitrogens with zero attached hydrogens (tertiary/aromatic N) is 8. The van der Waals surface area contributed by atoms with Crippen LogP contribution in [-0.2, 0) is 14.3 Å². The summed E-state index contributed by atoms with van der Waals surface area (Å²) in [4.78, 5) is 37.2. The van der Waals surface area contributed by atoms with Crippen molar-refractivity contribution in [2.75, 3.05) is 38.5 Å². The highest BCUT2D eigenvalue weighted by Gasteiger charge is 2.44. The molecule has 5 N–H and O–H groups in total. The third-order valence-electron chi connectivity index (χ3n) is 13.9. The van der Waals surface area contributed by atoms with Crippen LogP contribution in [0.1, 0.15) is 94.8 Å². The second kappa shape index (κ2) is 21.8. The molecular weight excluding hydrogens is 921 g/mol. The van der Waals surface area contributed by atoms with Gasteiger partial charge in [-0.1, -0.05) is 62.1 Å². The van der Waals surface area contributed by atoms with Crippen molar-refractivity contribution in [1.29, 1.82) is 0 Å². The molecule has 9 rings (SSSR count). The Morgan fingerprint density at radius 2 is 1.76 bits per heavy atom. The fourth-order valence-electron chi connectivity index (χ4n) is 9.66. The Hall–Kier alpha value is -6.65. The van der Waals surface area contributed by atoms with Gasteiger partial charge in [-0.25, -0.2) is 4.98 Å². The van der Waals surface area contributed by atoms with Gasteiger partial charge < -0.3 is 40.2 Å². The number of carbonyl (C=O) groups excluding carboxylic acids is 2. The number of phenols is 1. The molecular formula is C53H62N10O7S. The van der Waals surface area contributed by atoms with E-state index >= 15 is 0 Å². The molecule has 1 aliphatic carbocycles. The predicted octanol–water partition coefficient (Wildman–Crippen LogP) is 7.20. The van der Waals surface area contributed by atoms with Crippen LogP contribution in [0.4, 0.5) is 5.82 Å². The Labute approximate surface area is 417 Å². The highest BCUT2D eigenvalue weighted by molar-refractivity contribution is 7.13. The molecule has 2 aromatic carbocycles. The molecule has 71 heavy (non-hydrogen) atoms. The number of carbonyl (C=O) groups is 2. The van der Waals surface area contributed by atoms with E-state index in [2.05, 4.69) is 47.5 Å². The van der Waals surface area contributed by atoms with E-state index in [4.69, 9.17) is 19.7 Å². The normalized spacial score (nSPS) is 20.7. The summed E-state index contributed by atoms with van der Waals surface area (Å²) in [5.41, 5.74) is 13.6. The summed E-state index contributed by atoms with van der Waals surface area (Å²) in [6.45, 7) is 12.7. The summed E-state index contributed by atoms with van der Waals surface area (Å²) in [7, 11) is 0. The molecule has 3 aliphatic rings. The van der Waals surface area contributed by atoms with Gasteiger partial charge in [-0.15, -0.1) is 21.5 Å². The first-order valence-electron chi connectivity index (χ1n) is 24.5. The zero-order valence-electron chi connectivity index (χ0n) is 40.8. The van der Waals surface area contributed by atoms with Crippen molar-refractivity contribution in [3.63, 3.8) is 0 Å². The van der Waals surface area contributed by atoms with Gasteiger partial charge >= 0.3 is 0 Å². The van der Waals surface area contributed by atoms with E-state index in [9.17, 15) is 19.8 Å². The topological polar surface area (TPSA) is 220 Å². The zero-order chi connectivity index (χ0) is 49.8. The number of phenolic OH excluding ortho intramolecular Hbond substituents is 1. The largest absolute Gasteiger partial charge is 0.507 e. The highest BCUT2D eigenvalue weighted by atomic mass is 32.1. The average molecular weight is 983 g/mol. The molecule has 4 aromatic heterocycles. The van der Waals surface area contributed by atoms with Gasteiger partial charge in [0.1, 0.15) is 30.4 Å². The summed E-state index contributed by atoms with van der Waals surface area (Å²) >= 11 is 1.59. The summed E-state index contributed by atoms with van der Waals surface area (Å²) in [6.07, 6.45) is 7.08. The molecule has 1 saturated carbocycles. The smallest absolute Gasteiger partial charge is 0.254 e. The lowest BCUT2D eigenvalue weighted by Crippen LogP contribution is -2.48. The molecule has 5 atom stereocenters. The van der Waals surface area contributed by atoms with Gasteiger partial charge in [0.15, 0.2) is 11.6 Å². The molecule has 3 fully saturated rings. The third-order valence-corrected chi connectivity index (χ3v) is 14.8. The van der Waals surface area contributed by atoms with Crippen molar-refractivity contribution in [3.8, 4) is 56.3 Å². The van der Waals surface area contributed by atoms with E-state index in [-0.39, 0.29) is 72.5 Å². The maximum Gasteiger partial charge on any atom is 0.254 e. The van der Waals surface area contributed by atoms with Crippen molar-refractivity contribution < 1.29 is 33.8 Å². The molecule has 6 aromatic rings. The number of hydrogen-bond donors (Lipinski definition) is 4. The van der Waals surface area contributed by atoms with Crippen LogP contribution in [0.5, 0.6) is 11.6 Å². The van der Waals surface area contributed by atoms with Crippen LogP contribution >= 0.6 is 11.3 Å². The molecule has 0 bridgehead atoms. The highest BCUT2D eigenvalue weighted by Crippen LogP contribution is 2.36. The molecule has 0 spiro atoms. The maximum atomic E-state index is 14.2. The quantitative estimate of drug-likeness (QED) is 0.0706. The number of piperidine rings is 1. The minimum atomic E-state index is -0.828. The number of anilines is 1. The van der Waals surface area contributed by atoms with Crippen molar-refractivity contribution in [3.05, 3.63) is 95.6 Å². The number of amides is 2. The van der Waals surface area contributed by atoms with E-state index in [1.807, 2.05) is 87.4 Å². The van der Waals surface area contributed by atoms with Crippen LogP contribution < -0.4 is 15.8 Å². The van der Waals surface area contributed by atoms with Crippen molar-refractivity contribution in [2.24, 2.45) is 11.8 Å². The Balaban J connectivity index is 0.692. The van der Waals surface area contributed by atoms with E-state index in [0.29, 0.717) is 41.6 Å². The van der Waals surface area contributed by atoms with Crippen LogP contribution in [0.2, 0.25) is 0 Å². The minimum Gasteiger partial charge on any atom is -0.507 e. The van der Waals surface area contributed by atoms with E-state index in [0.717, 1.165) is 66.0 Å². The van der Waals surface area contributed by atoms with E-state index < -0.39 is 18.1 Å². The summed E-state index contributed by atoms with van der Waals surface area (Å²) in [5.74, 6) is 6.64. The number of ether oxygens (including phenoxy) is 2. The number of likely N-dealkylation sites (tertiary alicyclic amines) is 2.